The molecule has 3 heteroatoms. The van der Waals surface area contributed by atoms with Crippen LogP contribution in [0.5, 0.6) is 0 Å². The van der Waals surface area contributed by atoms with Gasteiger partial charge in [0.25, 0.3) is 0 Å². The van der Waals surface area contributed by atoms with Crippen molar-refractivity contribution in [1.82, 2.24) is 9.88 Å². The molecule has 2 atom stereocenters. The number of rotatable bonds is 4. The number of pyridine rings is 1. The van der Waals surface area contributed by atoms with E-state index >= 15 is 0 Å². The minimum absolute atomic E-state index is 0.233. The Kier molecular flexibility index (Phi) is 3.57. The van der Waals surface area contributed by atoms with Crippen LogP contribution in [0.4, 0.5) is 0 Å². The third kappa shape index (κ3) is 2.73. The molecule has 1 aliphatic heterocycles. The van der Waals surface area contributed by atoms with Crippen LogP contribution in [-0.2, 0) is 11.2 Å². The minimum atomic E-state index is 0.233. The van der Waals surface area contributed by atoms with E-state index in [4.69, 9.17) is 0 Å². The molecular formula is C14H18N2O. The van der Waals surface area contributed by atoms with Crippen molar-refractivity contribution in [1.29, 1.82) is 0 Å². The molecule has 1 saturated heterocycles. The standard InChI is InChI=1S/C14H18N2O/c1-3-12-8-14(17)16(10-12)11(2)7-13-5-4-6-15-9-13/h3-6,9,11-12H,1,7-8,10H2,2H3. The summed E-state index contributed by atoms with van der Waals surface area (Å²) in [5.74, 6) is 0.560. The predicted octanol–water partition coefficient (Wildman–Crippen LogP) is 2.05. The Labute approximate surface area is 102 Å². The van der Waals surface area contributed by atoms with Gasteiger partial charge in [0, 0.05) is 37.3 Å². The summed E-state index contributed by atoms with van der Waals surface area (Å²) in [4.78, 5) is 17.9. The van der Waals surface area contributed by atoms with E-state index in [0.717, 1.165) is 13.0 Å². The van der Waals surface area contributed by atoms with Crippen LogP contribution in [0.2, 0.25) is 0 Å². The summed E-state index contributed by atoms with van der Waals surface area (Å²) < 4.78 is 0. The molecule has 1 aliphatic rings. The van der Waals surface area contributed by atoms with Gasteiger partial charge in [0.05, 0.1) is 0 Å². The Balaban J connectivity index is 1.99. The second-order valence-corrected chi connectivity index (χ2v) is 4.66. The quantitative estimate of drug-likeness (QED) is 0.742. The lowest BCUT2D eigenvalue weighted by atomic mass is 10.1. The van der Waals surface area contributed by atoms with Gasteiger partial charge in [-0.25, -0.2) is 0 Å². The number of carbonyl (C=O) groups is 1. The second kappa shape index (κ2) is 5.13. The van der Waals surface area contributed by atoms with E-state index in [1.165, 1.54) is 5.56 Å². The van der Waals surface area contributed by atoms with Crippen LogP contribution in [0.25, 0.3) is 0 Å². The molecule has 3 nitrogen and oxygen atoms in total. The molecule has 0 N–H and O–H groups in total. The second-order valence-electron chi connectivity index (χ2n) is 4.66. The zero-order valence-electron chi connectivity index (χ0n) is 10.2. The predicted molar refractivity (Wildman–Crippen MR) is 67.4 cm³/mol. The van der Waals surface area contributed by atoms with E-state index in [1.54, 1.807) is 6.20 Å². The zero-order chi connectivity index (χ0) is 12.3. The molecule has 1 aromatic rings. The van der Waals surface area contributed by atoms with Gasteiger partial charge >= 0.3 is 0 Å². The van der Waals surface area contributed by atoms with Gasteiger partial charge in [-0.05, 0) is 25.0 Å². The van der Waals surface area contributed by atoms with E-state index in [2.05, 4.69) is 24.6 Å². The van der Waals surface area contributed by atoms with Crippen LogP contribution < -0.4 is 0 Å². The molecule has 1 fully saturated rings. The zero-order valence-corrected chi connectivity index (χ0v) is 10.2. The highest BCUT2D eigenvalue weighted by atomic mass is 16.2. The molecule has 0 bridgehead atoms. The van der Waals surface area contributed by atoms with Gasteiger partial charge in [-0.2, -0.15) is 0 Å². The summed E-state index contributed by atoms with van der Waals surface area (Å²) in [7, 11) is 0. The van der Waals surface area contributed by atoms with Crippen molar-refractivity contribution >= 4 is 5.91 Å². The lowest BCUT2D eigenvalue weighted by Gasteiger charge is -2.24. The van der Waals surface area contributed by atoms with Crippen molar-refractivity contribution in [2.45, 2.75) is 25.8 Å². The van der Waals surface area contributed by atoms with Crippen LogP contribution in [0, 0.1) is 5.92 Å². The average Bonchev–Trinajstić information content (AvgIpc) is 2.72. The van der Waals surface area contributed by atoms with Gasteiger partial charge in [0.2, 0.25) is 5.91 Å². The number of amides is 1. The number of aromatic nitrogens is 1. The summed E-state index contributed by atoms with van der Waals surface area (Å²) in [5, 5.41) is 0. The maximum atomic E-state index is 11.8. The maximum Gasteiger partial charge on any atom is 0.223 e. The first-order valence-corrected chi connectivity index (χ1v) is 6.01. The summed E-state index contributed by atoms with van der Waals surface area (Å²) in [6, 6.07) is 4.21. The summed E-state index contributed by atoms with van der Waals surface area (Å²) in [6.07, 6.45) is 6.99. The molecule has 2 heterocycles. The third-order valence-electron chi connectivity index (χ3n) is 3.31. The number of likely N-dealkylation sites (tertiary alicyclic amines) is 1. The molecule has 0 aliphatic carbocycles. The number of nitrogens with zero attached hydrogens (tertiary/aromatic N) is 2. The first kappa shape index (κ1) is 11.8. The average molecular weight is 230 g/mol. The van der Waals surface area contributed by atoms with Gasteiger partial charge in [0.1, 0.15) is 0 Å². The molecule has 2 rings (SSSR count). The van der Waals surface area contributed by atoms with Crippen molar-refractivity contribution < 1.29 is 4.79 Å². The van der Waals surface area contributed by atoms with E-state index < -0.39 is 0 Å². The maximum absolute atomic E-state index is 11.8. The fourth-order valence-corrected chi connectivity index (χ4v) is 2.31. The highest BCUT2D eigenvalue weighted by Crippen LogP contribution is 2.22. The monoisotopic (exact) mass is 230 g/mol. The normalized spacial score (nSPS) is 21.6. The third-order valence-corrected chi connectivity index (χ3v) is 3.31. The molecule has 0 spiro atoms. The smallest absolute Gasteiger partial charge is 0.223 e. The van der Waals surface area contributed by atoms with Gasteiger partial charge in [0.15, 0.2) is 0 Å². The largest absolute Gasteiger partial charge is 0.339 e. The highest BCUT2D eigenvalue weighted by Gasteiger charge is 2.30. The van der Waals surface area contributed by atoms with Crippen LogP contribution >= 0.6 is 0 Å². The summed E-state index contributed by atoms with van der Waals surface area (Å²) >= 11 is 0. The molecule has 90 valence electrons. The molecule has 0 radical (unpaired) electrons. The fourth-order valence-electron chi connectivity index (χ4n) is 2.31. The van der Waals surface area contributed by atoms with Crippen molar-refractivity contribution in [2.75, 3.05) is 6.54 Å². The topological polar surface area (TPSA) is 33.2 Å². The Morgan fingerprint density at radius 1 is 1.71 bits per heavy atom. The molecule has 2 unspecified atom stereocenters. The Bertz CT molecular complexity index is 402. The van der Waals surface area contributed by atoms with Crippen LogP contribution in [-0.4, -0.2) is 28.4 Å². The SMILES string of the molecule is C=CC1CC(=O)N(C(C)Cc2cccnc2)C1. The minimum Gasteiger partial charge on any atom is -0.339 e. The first-order chi connectivity index (χ1) is 8.20. The van der Waals surface area contributed by atoms with Crippen molar-refractivity contribution in [3.63, 3.8) is 0 Å². The molecule has 0 saturated carbocycles. The lowest BCUT2D eigenvalue weighted by Crippen LogP contribution is -2.35. The Morgan fingerprint density at radius 2 is 2.53 bits per heavy atom. The van der Waals surface area contributed by atoms with E-state index in [1.807, 2.05) is 23.2 Å². The number of hydrogen-bond acceptors (Lipinski definition) is 2. The van der Waals surface area contributed by atoms with Crippen LogP contribution in [0.15, 0.2) is 37.2 Å². The Morgan fingerprint density at radius 3 is 3.12 bits per heavy atom. The van der Waals surface area contributed by atoms with Gasteiger partial charge in [-0.3, -0.25) is 9.78 Å². The molecular weight excluding hydrogens is 212 g/mol. The van der Waals surface area contributed by atoms with Crippen molar-refractivity contribution in [3.8, 4) is 0 Å². The van der Waals surface area contributed by atoms with Gasteiger partial charge in [-0.15, -0.1) is 6.58 Å². The number of carbonyl (C=O) groups excluding carboxylic acids is 1. The molecule has 17 heavy (non-hydrogen) atoms. The molecule has 0 aromatic carbocycles. The lowest BCUT2D eigenvalue weighted by molar-refractivity contribution is -0.129. The Hall–Kier alpha value is -1.64. The van der Waals surface area contributed by atoms with E-state index in [9.17, 15) is 4.79 Å². The highest BCUT2D eigenvalue weighted by molar-refractivity contribution is 5.79. The summed E-state index contributed by atoms with van der Waals surface area (Å²) in [6.45, 7) is 6.67. The fraction of sp³-hybridized carbons (Fsp3) is 0.429. The van der Waals surface area contributed by atoms with E-state index in [0.29, 0.717) is 12.3 Å². The van der Waals surface area contributed by atoms with Gasteiger partial charge < -0.3 is 4.90 Å². The van der Waals surface area contributed by atoms with Crippen molar-refractivity contribution in [2.24, 2.45) is 5.92 Å². The van der Waals surface area contributed by atoms with E-state index in [-0.39, 0.29) is 11.9 Å². The molecule has 1 amide bonds. The van der Waals surface area contributed by atoms with Crippen LogP contribution in [0.3, 0.4) is 0 Å². The summed E-state index contributed by atoms with van der Waals surface area (Å²) in [5.41, 5.74) is 1.18. The van der Waals surface area contributed by atoms with Gasteiger partial charge in [-0.1, -0.05) is 12.1 Å². The van der Waals surface area contributed by atoms with Crippen molar-refractivity contribution in [3.05, 3.63) is 42.7 Å². The molecule has 1 aromatic heterocycles. The van der Waals surface area contributed by atoms with Crippen LogP contribution in [0.1, 0.15) is 18.9 Å². The number of hydrogen-bond donors (Lipinski definition) is 0. The first-order valence-electron chi connectivity index (χ1n) is 6.01.